The van der Waals surface area contributed by atoms with Gasteiger partial charge < -0.3 is 10.2 Å². The molecule has 4 heteroatoms. The van der Waals surface area contributed by atoms with E-state index in [-0.39, 0.29) is 17.5 Å². The van der Waals surface area contributed by atoms with E-state index < -0.39 is 0 Å². The van der Waals surface area contributed by atoms with Crippen LogP contribution in [0.25, 0.3) is 0 Å². The first-order chi connectivity index (χ1) is 10.2. The van der Waals surface area contributed by atoms with Crippen LogP contribution in [0.3, 0.4) is 0 Å². The molecule has 0 radical (unpaired) electrons. The molecule has 0 saturated heterocycles. The van der Waals surface area contributed by atoms with Crippen LogP contribution in [-0.4, -0.2) is 18.5 Å². The quantitative estimate of drug-likeness (QED) is 0.683. The molecule has 21 heavy (non-hydrogen) atoms. The van der Waals surface area contributed by atoms with Gasteiger partial charge in [0.25, 0.3) is 5.91 Å². The molecule has 0 bridgehead atoms. The van der Waals surface area contributed by atoms with E-state index in [1.54, 1.807) is 11.1 Å². The first-order valence-corrected chi connectivity index (χ1v) is 7.43. The summed E-state index contributed by atoms with van der Waals surface area (Å²) < 4.78 is 0. The Morgan fingerprint density at radius 2 is 2.29 bits per heavy atom. The van der Waals surface area contributed by atoms with Crippen molar-refractivity contribution in [3.63, 3.8) is 0 Å². The summed E-state index contributed by atoms with van der Waals surface area (Å²) in [4.78, 5) is 14.3. The lowest BCUT2D eigenvalue weighted by atomic mass is 10.0. The Morgan fingerprint density at radius 1 is 1.52 bits per heavy atom. The molecule has 1 amide bonds. The van der Waals surface area contributed by atoms with Crippen LogP contribution in [0.15, 0.2) is 36.0 Å². The van der Waals surface area contributed by atoms with Crippen LogP contribution in [0.1, 0.15) is 32.3 Å². The molecular weight excluding hydrogens is 262 g/mol. The highest BCUT2D eigenvalue weighted by Gasteiger charge is 2.24. The van der Waals surface area contributed by atoms with Crippen LogP contribution >= 0.6 is 0 Å². The van der Waals surface area contributed by atoms with Gasteiger partial charge in [-0.25, -0.2) is 0 Å². The van der Waals surface area contributed by atoms with Crippen molar-refractivity contribution < 1.29 is 4.79 Å². The predicted molar refractivity (Wildman–Crippen MR) is 83.7 cm³/mol. The van der Waals surface area contributed by atoms with Gasteiger partial charge in [-0.05, 0) is 37.8 Å². The Kier molecular flexibility index (Phi) is 4.99. The van der Waals surface area contributed by atoms with Gasteiger partial charge in [0.15, 0.2) is 0 Å². The monoisotopic (exact) mass is 283 g/mol. The van der Waals surface area contributed by atoms with Crippen LogP contribution in [0, 0.1) is 11.3 Å². The van der Waals surface area contributed by atoms with E-state index in [1.807, 2.05) is 37.3 Å². The summed E-state index contributed by atoms with van der Waals surface area (Å²) in [5.41, 5.74) is 2.26. The molecule has 0 spiro atoms. The number of fused-ring (bicyclic) bond motifs is 1. The van der Waals surface area contributed by atoms with E-state index in [9.17, 15) is 10.1 Å². The number of para-hydroxylation sites is 1. The number of anilines is 1. The second kappa shape index (κ2) is 6.94. The Labute approximate surface area is 126 Å². The average molecular weight is 283 g/mol. The lowest BCUT2D eigenvalue weighted by Crippen LogP contribution is -2.36. The molecule has 1 aromatic carbocycles. The van der Waals surface area contributed by atoms with Crippen LogP contribution in [-0.2, 0) is 11.2 Å². The van der Waals surface area contributed by atoms with Crippen molar-refractivity contribution in [3.05, 3.63) is 41.6 Å². The summed E-state index contributed by atoms with van der Waals surface area (Å²) >= 11 is 0. The minimum Gasteiger partial charge on any atom is -0.387 e. The fraction of sp³-hybridized carbons (Fsp3) is 0.412. The molecule has 1 heterocycles. The molecule has 1 atom stereocenters. The fourth-order valence-corrected chi connectivity index (χ4v) is 2.38. The van der Waals surface area contributed by atoms with Gasteiger partial charge in [-0.3, -0.25) is 4.79 Å². The highest BCUT2D eigenvalue weighted by molar-refractivity contribution is 6.08. The van der Waals surface area contributed by atoms with Crippen molar-refractivity contribution in [1.29, 1.82) is 5.26 Å². The first-order valence-electron chi connectivity index (χ1n) is 7.43. The number of hydrogen-bond donors (Lipinski definition) is 1. The number of hydrogen-bond acceptors (Lipinski definition) is 3. The number of carbonyl (C=O) groups excluding carboxylic acids is 1. The smallest absolute Gasteiger partial charge is 0.270 e. The van der Waals surface area contributed by atoms with E-state index >= 15 is 0 Å². The maximum absolute atomic E-state index is 12.6. The third-order valence-corrected chi connectivity index (χ3v) is 3.83. The fourth-order valence-electron chi connectivity index (χ4n) is 2.38. The number of benzene rings is 1. The molecular formula is C17H21N3O. The molecule has 2 rings (SSSR count). The number of rotatable bonds is 4. The third kappa shape index (κ3) is 3.43. The molecule has 4 nitrogen and oxygen atoms in total. The maximum Gasteiger partial charge on any atom is 0.270 e. The van der Waals surface area contributed by atoms with Gasteiger partial charge in [-0.1, -0.05) is 25.1 Å². The van der Waals surface area contributed by atoms with Gasteiger partial charge in [-0.2, -0.15) is 5.26 Å². The SMILES string of the molecule is CCC(C)N/C=C(/C#N)C(=O)N1CCCc2ccccc21. The number of carbonyl (C=O) groups is 1. The molecule has 0 saturated carbocycles. The zero-order valence-corrected chi connectivity index (χ0v) is 12.6. The molecule has 0 aromatic heterocycles. The van der Waals surface area contributed by atoms with Gasteiger partial charge in [0.1, 0.15) is 11.6 Å². The molecule has 1 N–H and O–H groups in total. The second-order valence-electron chi connectivity index (χ2n) is 5.33. The molecule has 1 aliphatic heterocycles. The van der Waals surface area contributed by atoms with Gasteiger partial charge >= 0.3 is 0 Å². The van der Waals surface area contributed by atoms with Gasteiger partial charge in [-0.15, -0.1) is 0 Å². The Balaban J connectivity index is 2.22. The van der Waals surface area contributed by atoms with E-state index in [0.717, 1.165) is 24.9 Å². The normalized spacial score (nSPS) is 15.9. The number of aryl methyl sites for hydroxylation is 1. The topological polar surface area (TPSA) is 56.1 Å². The van der Waals surface area contributed by atoms with Crippen molar-refractivity contribution in [2.24, 2.45) is 0 Å². The van der Waals surface area contributed by atoms with E-state index in [0.29, 0.717) is 6.54 Å². The Bertz CT molecular complexity index is 586. The molecule has 0 aliphatic carbocycles. The minimum atomic E-state index is -0.222. The van der Waals surface area contributed by atoms with Crippen LogP contribution in [0.2, 0.25) is 0 Å². The Morgan fingerprint density at radius 3 is 3.00 bits per heavy atom. The predicted octanol–water partition coefficient (Wildman–Crippen LogP) is 2.76. The first kappa shape index (κ1) is 15.1. The highest BCUT2D eigenvalue weighted by atomic mass is 16.2. The van der Waals surface area contributed by atoms with Crippen molar-refractivity contribution in [1.82, 2.24) is 5.32 Å². The average Bonchev–Trinajstić information content (AvgIpc) is 2.54. The summed E-state index contributed by atoms with van der Waals surface area (Å²) in [6.07, 6.45) is 4.40. The molecule has 1 aromatic rings. The lowest BCUT2D eigenvalue weighted by molar-refractivity contribution is -0.114. The largest absolute Gasteiger partial charge is 0.387 e. The van der Waals surface area contributed by atoms with E-state index in [1.165, 1.54) is 5.56 Å². The van der Waals surface area contributed by atoms with Crippen molar-refractivity contribution in [2.75, 3.05) is 11.4 Å². The number of nitrogens with one attached hydrogen (secondary N) is 1. The maximum atomic E-state index is 12.6. The summed E-state index contributed by atoms with van der Waals surface area (Å²) in [7, 11) is 0. The lowest BCUT2D eigenvalue weighted by Gasteiger charge is -2.29. The second-order valence-corrected chi connectivity index (χ2v) is 5.33. The number of nitrogens with zero attached hydrogens (tertiary/aromatic N) is 2. The standard InChI is InChI=1S/C17H21N3O/c1-3-13(2)19-12-15(11-18)17(21)20-10-6-8-14-7-4-5-9-16(14)20/h4-5,7,9,12-13,19H,3,6,8,10H2,1-2H3/b15-12-. The third-order valence-electron chi connectivity index (χ3n) is 3.83. The molecule has 1 aliphatic rings. The molecule has 0 fully saturated rings. The highest BCUT2D eigenvalue weighted by Crippen LogP contribution is 2.27. The van der Waals surface area contributed by atoms with Crippen molar-refractivity contribution in [3.8, 4) is 6.07 Å². The Hall–Kier alpha value is -2.28. The summed E-state index contributed by atoms with van der Waals surface area (Å²) in [6.45, 7) is 4.74. The van der Waals surface area contributed by atoms with Gasteiger partial charge in [0.05, 0.1) is 0 Å². The van der Waals surface area contributed by atoms with Crippen LogP contribution < -0.4 is 10.2 Å². The summed E-state index contributed by atoms with van der Waals surface area (Å²) in [5.74, 6) is -0.222. The zero-order valence-electron chi connectivity index (χ0n) is 12.6. The van der Waals surface area contributed by atoms with Gasteiger partial charge in [0.2, 0.25) is 0 Å². The minimum absolute atomic E-state index is 0.159. The molecule has 1 unspecified atom stereocenters. The van der Waals surface area contributed by atoms with Crippen LogP contribution in [0.5, 0.6) is 0 Å². The van der Waals surface area contributed by atoms with Crippen molar-refractivity contribution in [2.45, 2.75) is 39.2 Å². The number of nitriles is 1. The summed E-state index contributed by atoms with van der Waals surface area (Å²) in [5, 5.41) is 12.4. The molecule has 110 valence electrons. The number of amides is 1. The van der Waals surface area contributed by atoms with Crippen molar-refractivity contribution >= 4 is 11.6 Å². The van der Waals surface area contributed by atoms with Crippen LogP contribution in [0.4, 0.5) is 5.69 Å². The van der Waals surface area contributed by atoms with E-state index in [2.05, 4.69) is 12.2 Å². The van der Waals surface area contributed by atoms with E-state index in [4.69, 9.17) is 0 Å². The zero-order chi connectivity index (χ0) is 15.2. The summed E-state index contributed by atoms with van der Waals surface area (Å²) in [6, 6.07) is 10.2. The van der Waals surface area contributed by atoms with Gasteiger partial charge in [0, 0.05) is 24.5 Å².